The van der Waals surface area contributed by atoms with Crippen LogP contribution in [0.2, 0.25) is 0 Å². The van der Waals surface area contributed by atoms with E-state index >= 15 is 0 Å². The smallest absolute Gasteiger partial charge is 0.416 e. The molecule has 0 radical (unpaired) electrons. The summed E-state index contributed by atoms with van der Waals surface area (Å²) in [7, 11) is 0. The topological polar surface area (TPSA) is 77.2 Å². The fraction of sp³-hybridized carbons (Fsp3) is 0.368. The van der Waals surface area contributed by atoms with Crippen LogP contribution in [0.25, 0.3) is 0 Å². The molecule has 1 aliphatic heterocycles. The van der Waals surface area contributed by atoms with Crippen LogP contribution in [0.3, 0.4) is 0 Å². The number of halogens is 3. The summed E-state index contributed by atoms with van der Waals surface area (Å²) in [6.07, 6.45) is -1.70. The number of fused-ring (bicyclic) bond motifs is 1. The number of pyridine rings is 1. The number of carbonyl (C=O) groups is 1. The Hall–Kier alpha value is -2.61. The van der Waals surface area contributed by atoms with Crippen molar-refractivity contribution >= 4 is 11.8 Å². The third-order valence-corrected chi connectivity index (χ3v) is 4.35. The normalized spacial score (nSPS) is 14.8. The molecule has 1 atom stereocenters. The first-order chi connectivity index (χ1) is 12.8. The highest BCUT2D eigenvalue weighted by Crippen LogP contribution is 2.31. The van der Waals surface area contributed by atoms with Gasteiger partial charge in [0.15, 0.2) is 0 Å². The molecule has 1 unspecified atom stereocenters. The largest absolute Gasteiger partial charge is 0.425 e. The first-order valence-electron chi connectivity index (χ1n) is 8.70. The minimum atomic E-state index is -4.50. The van der Waals surface area contributed by atoms with Gasteiger partial charge >= 0.3 is 12.1 Å². The van der Waals surface area contributed by atoms with Crippen LogP contribution in [-0.2, 0) is 23.8 Å². The molecule has 0 saturated heterocycles. The summed E-state index contributed by atoms with van der Waals surface area (Å²) in [5.74, 6) is -0.0920. The minimum Gasteiger partial charge on any atom is -0.425 e. The van der Waals surface area contributed by atoms with E-state index in [1.165, 1.54) is 17.7 Å². The number of rotatable bonds is 5. The van der Waals surface area contributed by atoms with Crippen LogP contribution < -0.4 is 15.8 Å². The number of aryl methyl sites for hydroxylation is 2. The van der Waals surface area contributed by atoms with Crippen LogP contribution in [0, 0.1) is 0 Å². The number of nitrogens with one attached hydrogen (secondary N) is 1. The molecule has 8 heteroatoms. The molecule has 0 saturated carbocycles. The summed E-state index contributed by atoms with van der Waals surface area (Å²) >= 11 is 0. The van der Waals surface area contributed by atoms with Gasteiger partial charge in [-0.2, -0.15) is 13.2 Å². The Balaban J connectivity index is 1.57. The molecule has 144 valence electrons. The molecule has 0 fully saturated rings. The zero-order valence-electron chi connectivity index (χ0n) is 14.6. The van der Waals surface area contributed by atoms with Crippen molar-refractivity contribution < 1.29 is 22.7 Å². The van der Waals surface area contributed by atoms with Crippen molar-refractivity contribution in [3.8, 4) is 5.75 Å². The number of anilines is 1. The molecule has 3 rings (SSSR count). The highest BCUT2D eigenvalue weighted by molar-refractivity contribution is 5.78. The Bertz CT molecular complexity index is 824. The SMILES string of the molecule is NC(CCc1ccc2c(n1)NCCC2)C(=O)Oc1cccc(C(F)(F)F)c1. The van der Waals surface area contributed by atoms with Crippen LogP contribution in [0.4, 0.5) is 19.0 Å². The van der Waals surface area contributed by atoms with Crippen molar-refractivity contribution in [3.05, 3.63) is 53.2 Å². The lowest BCUT2D eigenvalue weighted by Gasteiger charge is -2.18. The number of nitrogens with zero attached hydrogens (tertiary/aromatic N) is 1. The monoisotopic (exact) mass is 379 g/mol. The van der Waals surface area contributed by atoms with Gasteiger partial charge in [-0.25, -0.2) is 9.78 Å². The van der Waals surface area contributed by atoms with Gasteiger partial charge in [0.25, 0.3) is 0 Å². The summed E-state index contributed by atoms with van der Waals surface area (Å²) in [6, 6.07) is 7.12. The summed E-state index contributed by atoms with van der Waals surface area (Å²) < 4.78 is 43.1. The van der Waals surface area contributed by atoms with E-state index in [-0.39, 0.29) is 12.2 Å². The van der Waals surface area contributed by atoms with Gasteiger partial charge < -0.3 is 15.8 Å². The number of carbonyl (C=O) groups excluding carboxylic acids is 1. The van der Waals surface area contributed by atoms with Crippen molar-refractivity contribution in [1.82, 2.24) is 4.98 Å². The van der Waals surface area contributed by atoms with Gasteiger partial charge in [-0.3, -0.25) is 0 Å². The van der Waals surface area contributed by atoms with Gasteiger partial charge in [0.2, 0.25) is 0 Å². The quantitative estimate of drug-likeness (QED) is 0.616. The molecule has 1 aliphatic rings. The maximum absolute atomic E-state index is 12.7. The average Bonchev–Trinajstić information content (AvgIpc) is 2.65. The molecule has 1 aromatic heterocycles. The maximum Gasteiger partial charge on any atom is 0.416 e. The van der Waals surface area contributed by atoms with Gasteiger partial charge in [-0.15, -0.1) is 0 Å². The Morgan fingerprint density at radius 3 is 2.89 bits per heavy atom. The molecule has 0 aliphatic carbocycles. The fourth-order valence-corrected chi connectivity index (χ4v) is 2.86. The number of aromatic nitrogens is 1. The van der Waals surface area contributed by atoms with Crippen LogP contribution in [-0.4, -0.2) is 23.5 Å². The van der Waals surface area contributed by atoms with Crippen LogP contribution >= 0.6 is 0 Å². The van der Waals surface area contributed by atoms with Crippen molar-refractivity contribution in [2.45, 2.75) is 37.9 Å². The fourth-order valence-electron chi connectivity index (χ4n) is 2.86. The van der Waals surface area contributed by atoms with Gasteiger partial charge in [0.05, 0.1) is 5.56 Å². The Labute approximate surface area is 154 Å². The Morgan fingerprint density at radius 1 is 1.30 bits per heavy atom. The highest BCUT2D eigenvalue weighted by Gasteiger charge is 2.31. The number of esters is 1. The third-order valence-electron chi connectivity index (χ3n) is 4.35. The molecule has 2 heterocycles. The lowest BCUT2D eigenvalue weighted by atomic mass is 10.0. The van der Waals surface area contributed by atoms with E-state index in [1.54, 1.807) is 0 Å². The second-order valence-corrected chi connectivity index (χ2v) is 6.43. The second kappa shape index (κ2) is 7.96. The average molecular weight is 379 g/mol. The molecule has 2 aromatic rings. The molecule has 0 amide bonds. The number of alkyl halides is 3. The summed E-state index contributed by atoms with van der Waals surface area (Å²) in [4.78, 5) is 16.6. The zero-order chi connectivity index (χ0) is 19.4. The zero-order valence-corrected chi connectivity index (χ0v) is 14.6. The maximum atomic E-state index is 12.7. The predicted octanol–water partition coefficient (Wildman–Crippen LogP) is 3.32. The highest BCUT2D eigenvalue weighted by atomic mass is 19.4. The van der Waals surface area contributed by atoms with Gasteiger partial charge in [-0.05, 0) is 55.5 Å². The van der Waals surface area contributed by atoms with Crippen molar-refractivity contribution in [1.29, 1.82) is 0 Å². The number of benzene rings is 1. The first-order valence-corrected chi connectivity index (χ1v) is 8.70. The minimum absolute atomic E-state index is 0.179. The van der Waals surface area contributed by atoms with Gasteiger partial charge in [-0.1, -0.05) is 12.1 Å². The molecular formula is C19H20F3N3O2. The lowest BCUT2D eigenvalue weighted by molar-refractivity contribution is -0.139. The van der Waals surface area contributed by atoms with Gasteiger partial charge in [0.1, 0.15) is 17.6 Å². The number of hydrogen-bond donors (Lipinski definition) is 2. The first kappa shape index (κ1) is 19.2. The van der Waals surface area contributed by atoms with Crippen molar-refractivity contribution in [3.63, 3.8) is 0 Å². The predicted molar refractivity (Wildman–Crippen MR) is 94.4 cm³/mol. The molecule has 0 spiro atoms. The second-order valence-electron chi connectivity index (χ2n) is 6.43. The van der Waals surface area contributed by atoms with Gasteiger partial charge in [0, 0.05) is 12.2 Å². The van der Waals surface area contributed by atoms with E-state index in [1.807, 2.05) is 12.1 Å². The van der Waals surface area contributed by atoms with E-state index in [4.69, 9.17) is 10.5 Å². The van der Waals surface area contributed by atoms with Crippen LogP contribution in [0.5, 0.6) is 5.75 Å². The van der Waals surface area contributed by atoms with Crippen molar-refractivity contribution in [2.24, 2.45) is 5.73 Å². The Kier molecular flexibility index (Phi) is 5.65. The standard InChI is InChI=1S/C19H20F3N3O2/c20-19(21,22)13-4-1-5-15(11-13)27-18(26)16(23)9-8-14-7-6-12-3-2-10-24-17(12)25-14/h1,4-7,11,16H,2-3,8-10,23H2,(H,24,25). The van der Waals surface area contributed by atoms with E-state index in [0.717, 1.165) is 43.0 Å². The molecule has 3 N–H and O–H groups in total. The Morgan fingerprint density at radius 2 is 2.11 bits per heavy atom. The van der Waals surface area contributed by atoms with E-state index in [0.29, 0.717) is 6.42 Å². The van der Waals surface area contributed by atoms with Crippen LogP contribution in [0.1, 0.15) is 29.7 Å². The van der Waals surface area contributed by atoms with E-state index < -0.39 is 23.8 Å². The molecule has 5 nitrogen and oxygen atoms in total. The van der Waals surface area contributed by atoms with Crippen molar-refractivity contribution in [2.75, 3.05) is 11.9 Å². The molecule has 0 bridgehead atoms. The molecule has 27 heavy (non-hydrogen) atoms. The summed E-state index contributed by atoms with van der Waals surface area (Å²) in [5, 5.41) is 3.24. The van der Waals surface area contributed by atoms with Crippen LogP contribution in [0.15, 0.2) is 36.4 Å². The number of hydrogen-bond acceptors (Lipinski definition) is 5. The number of nitrogens with two attached hydrogens (primary N) is 1. The molecule has 1 aromatic carbocycles. The third kappa shape index (κ3) is 4.97. The summed E-state index contributed by atoms with van der Waals surface area (Å²) in [5.41, 5.74) is 6.91. The molecular weight excluding hydrogens is 359 g/mol. The van der Waals surface area contributed by atoms with E-state index in [9.17, 15) is 18.0 Å². The summed E-state index contributed by atoms with van der Waals surface area (Å²) in [6.45, 7) is 0.881. The number of ether oxygens (including phenoxy) is 1. The lowest BCUT2D eigenvalue weighted by Crippen LogP contribution is -2.34. The van der Waals surface area contributed by atoms with E-state index in [2.05, 4.69) is 10.3 Å².